The molecule has 0 saturated carbocycles. The summed E-state index contributed by atoms with van der Waals surface area (Å²) in [4.78, 5) is 18.2. The van der Waals surface area contributed by atoms with Crippen LogP contribution in [0.3, 0.4) is 0 Å². The summed E-state index contributed by atoms with van der Waals surface area (Å²) < 4.78 is 0. The molecular formula is C10H14N2OS. The van der Waals surface area contributed by atoms with Gasteiger partial charge >= 0.3 is 0 Å². The van der Waals surface area contributed by atoms with E-state index in [1.54, 1.807) is 0 Å². The maximum atomic E-state index is 10.7. The predicted octanol–water partition coefficient (Wildman–Crippen LogP) is 2.25. The van der Waals surface area contributed by atoms with Gasteiger partial charge in [0.15, 0.2) is 11.4 Å². The van der Waals surface area contributed by atoms with Crippen molar-refractivity contribution in [2.45, 2.75) is 32.7 Å². The van der Waals surface area contributed by atoms with E-state index in [1.165, 1.54) is 24.2 Å². The van der Waals surface area contributed by atoms with Crippen molar-refractivity contribution in [2.75, 3.05) is 11.4 Å². The van der Waals surface area contributed by atoms with Crippen LogP contribution in [0.25, 0.3) is 0 Å². The number of aryl methyl sites for hydroxylation is 1. The average molecular weight is 210 g/mol. The van der Waals surface area contributed by atoms with Crippen molar-refractivity contribution in [1.82, 2.24) is 4.98 Å². The molecule has 3 nitrogen and oxygen atoms in total. The second-order valence-electron chi connectivity index (χ2n) is 3.75. The summed E-state index contributed by atoms with van der Waals surface area (Å²) in [5.74, 6) is 0. The first-order valence-electron chi connectivity index (χ1n) is 4.91. The lowest BCUT2D eigenvalue weighted by molar-refractivity contribution is 0.112. The number of thiazole rings is 1. The zero-order valence-corrected chi connectivity index (χ0v) is 9.30. The summed E-state index contributed by atoms with van der Waals surface area (Å²) in [6.45, 7) is 5.18. The SMILES string of the molecule is Cc1nc(N2CCCC2C)sc1C=O. The Hall–Kier alpha value is -0.900. The summed E-state index contributed by atoms with van der Waals surface area (Å²) in [7, 11) is 0. The third kappa shape index (κ3) is 1.54. The van der Waals surface area contributed by atoms with Gasteiger partial charge in [0, 0.05) is 12.6 Å². The molecule has 0 amide bonds. The first-order valence-corrected chi connectivity index (χ1v) is 5.73. The maximum Gasteiger partial charge on any atom is 0.186 e. The van der Waals surface area contributed by atoms with Crippen LogP contribution in [0.15, 0.2) is 0 Å². The molecule has 1 aliphatic heterocycles. The van der Waals surface area contributed by atoms with E-state index < -0.39 is 0 Å². The van der Waals surface area contributed by atoms with Crippen LogP contribution in [-0.4, -0.2) is 23.9 Å². The van der Waals surface area contributed by atoms with Gasteiger partial charge in [-0.05, 0) is 26.7 Å². The lowest BCUT2D eigenvalue weighted by atomic mass is 10.2. The molecule has 0 radical (unpaired) electrons. The minimum atomic E-state index is 0.569. The van der Waals surface area contributed by atoms with Crippen molar-refractivity contribution in [2.24, 2.45) is 0 Å². The molecule has 1 aromatic rings. The Kier molecular flexibility index (Phi) is 2.54. The minimum Gasteiger partial charge on any atom is -0.345 e. The monoisotopic (exact) mass is 210 g/mol. The summed E-state index contributed by atoms with van der Waals surface area (Å²) >= 11 is 1.51. The molecule has 76 valence electrons. The Bertz CT molecular complexity index is 348. The average Bonchev–Trinajstić information content (AvgIpc) is 2.71. The number of aromatic nitrogens is 1. The standard InChI is InChI=1S/C10H14N2OS/c1-7-4-3-5-12(7)10-11-8(2)9(6-13)14-10/h6-7H,3-5H2,1-2H3. The molecule has 2 rings (SSSR count). The van der Waals surface area contributed by atoms with Gasteiger partial charge in [0.05, 0.1) is 10.6 Å². The van der Waals surface area contributed by atoms with E-state index in [2.05, 4.69) is 16.8 Å². The highest BCUT2D eigenvalue weighted by molar-refractivity contribution is 7.17. The normalized spacial score (nSPS) is 21.6. The first-order chi connectivity index (χ1) is 6.72. The van der Waals surface area contributed by atoms with E-state index in [9.17, 15) is 4.79 Å². The lowest BCUT2D eigenvalue weighted by Crippen LogP contribution is -2.25. The van der Waals surface area contributed by atoms with Crippen LogP contribution >= 0.6 is 11.3 Å². The Balaban J connectivity index is 2.27. The summed E-state index contributed by atoms with van der Waals surface area (Å²) in [5, 5.41) is 1.01. The molecule has 0 N–H and O–H groups in total. The molecule has 1 fully saturated rings. The number of carbonyl (C=O) groups is 1. The van der Waals surface area contributed by atoms with Crippen LogP contribution in [0.5, 0.6) is 0 Å². The molecule has 14 heavy (non-hydrogen) atoms. The van der Waals surface area contributed by atoms with Gasteiger partial charge in [-0.25, -0.2) is 4.98 Å². The fourth-order valence-electron chi connectivity index (χ4n) is 1.84. The lowest BCUT2D eigenvalue weighted by Gasteiger charge is -2.19. The third-order valence-corrected chi connectivity index (χ3v) is 3.85. The number of hydrogen-bond acceptors (Lipinski definition) is 4. The smallest absolute Gasteiger partial charge is 0.186 e. The van der Waals surface area contributed by atoms with Gasteiger partial charge in [0.25, 0.3) is 0 Å². The van der Waals surface area contributed by atoms with Crippen molar-refractivity contribution >= 4 is 22.8 Å². The van der Waals surface area contributed by atoms with Crippen LogP contribution < -0.4 is 4.90 Å². The van der Waals surface area contributed by atoms with Gasteiger partial charge in [-0.15, -0.1) is 0 Å². The first kappa shape index (κ1) is 9.65. The Morgan fingerprint density at radius 3 is 2.93 bits per heavy atom. The molecule has 0 aromatic carbocycles. The van der Waals surface area contributed by atoms with E-state index in [-0.39, 0.29) is 0 Å². The Labute approximate surface area is 87.8 Å². The van der Waals surface area contributed by atoms with Gasteiger partial charge in [-0.1, -0.05) is 11.3 Å². The topological polar surface area (TPSA) is 33.2 Å². The molecular weight excluding hydrogens is 196 g/mol. The highest BCUT2D eigenvalue weighted by Crippen LogP contribution is 2.30. The number of rotatable bonds is 2. The third-order valence-electron chi connectivity index (χ3n) is 2.73. The second kappa shape index (κ2) is 3.69. The molecule has 1 atom stereocenters. The van der Waals surface area contributed by atoms with Gasteiger partial charge in [0.1, 0.15) is 0 Å². The molecule has 0 aliphatic carbocycles. The van der Waals surface area contributed by atoms with Gasteiger partial charge in [0.2, 0.25) is 0 Å². The zero-order chi connectivity index (χ0) is 10.1. The van der Waals surface area contributed by atoms with E-state index in [1.807, 2.05) is 6.92 Å². The van der Waals surface area contributed by atoms with Gasteiger partial charge in [-0.3, -0.25) is 4.79 Å². The van der Waals surface area contributed by atoms with Crippen molar-refractivity contribution < 1.29 is 4.79 Å². The summed E-state index contributed by atoms with van der Waals surface area (Å²) in [5.41, 5.74) is 0.860. The fraction of sp³-hybridized carbons (Fsp3) is 0.600. The molecule has 0 spiro atoms. The molecule has 1 aromatic heterocycles. The summed E-state index contributed by atoms with van der Waals surface area (Å²) in [6.07, 6.45) is 3.36. The van der Waals surface area contributed by atoms with E-state index in [0.717, 1.165) is 28.5 Å². The number of aldehydes is 1. The van der Waals surface area contributed by atoms with Crippen molar-refractivity contribution in [3.05, 3.63) is 10.6 Å². The van der Waals surface area contributed by atoms with Crippen molar-refractivity contribution in [3.8, 4) is 0 Å². The summed E-state index contributed by atoms with van der Waals surface area (Å²) in [6, 6.07) is 0.569. The highest BCUT2D eigenvalue weighted by Gasteiger charge is 2.23. The Morgan fingerprint density at radius 2 is 2.43 bits per heavy atom. The highest BCUT2D eigenvalue weighted by atomic mass is 32.1. The van der Waals surface area contributed by atoms with Crippen LogP contribution in [0.4, 0.5) is 5.13 Å². The van der Waals surface area contributed by atoms with Crippen LogP contribution in [-0.2, 0) is 0 Å². The number of anilines is 1. The van der Waals surface area contributed by atoms with E-state index in [0.29, 0.717) is 6.04 Å². The van der Waals surface area contributed by atoms with Gasteiger partial charge < -0.3 is 4.90 Å². The largest absolute Gasteiger partial charge is 0.345 e. The second-order valence-corrected chi connectivity index (χ2v) is 4.76. The van der Waals surface area contributed by atoms with Gasteiger partial charge in [-0.2, -0.15) is 0 Å². The molecule has 4 heteroatoms. The van der Waals surface area contributed by atoms with Crippen molar-refractivity contribution in [3.63, 3.8) is 0 Å². The zero-order valence-electron chi connectivity index (χ0n) is 8.49. The van der Waals surface area contributed by atoms with E-state index >= 15 is 0 Å². The van der Waals surface area contributed by atoms with Crippen molar-refractivity contribution in [1.29, 1.82) is 0 Å². The minimum absolute atomic E-state index is 0.569. The predicted molar refractivity (Wildman–Crippen MR) is 58.3 cm³/mol. The quantitative estimate of drug-likeness (QED) is 0.702. The van der Waals surface area contributed by atoms with Crippen LogP contribution in [0, 0.1) is 6.92 Å². The number of hydrogen-bond donors (Lipinski definition) is 0. The number of carbonyl (C=O) groups excluding carboxylic acids is 1. The molecule has 2 heterocycles. The van der Waals surface area contributed by atoms with Crippen LogP contribution in [0.1, 0.15) is 35.1 Å². The fourth-order valence-corrected chi connectivity index (χ4v) is 2.85. The maximum absolute atomic E-state index is 10.7. The number of nitrogens with zero attached hydrogens (tertiary/aromatic N) is 2. The molecule has 0 bridgehead atoms. The molecule has 1 saturated heterocycles. The Morgan fingerprint density at radius 1 is 1.64 bits per heavy atom. The molecule has 1 unspecified atom stereocenters. The molecule has 1 aliphatic rings. The van der Waals surface area contributed by atoms with E-state index in [4.69, 9.17) is 0 Å². The van der Waals surface area contributed by atoms with Crippen LogP contribution in [0.2, 0.25) is 0 Å².